The van der Waals surface area contributed by atoms with Gasteiger partial charge in [-0.2, -0.15) is 0 Å². The Morgan fingerprint density at radius 3 is 1.25 bits per heavy atom. The van der Waals surface area contributed by atoms with Gasteiger partial charge in [0.05, 0.1) is 24.0 Å². The van der Waals surface area contributed by atoms with Crippen LogP contribution in [0.3, 0.4) is 0 Å². The molecular weight excluding hydrogens is 439 g/mol. The summed E-state index contributed by atoms with van der Waals surface area (Å²) in [5, 5.41) is -0.266. The highest BCUT2D eigenvalue weighted by Crippen LogP contribution is 2.43. The number of benzene rings is 2. The van der Waals surface area contributed by atoms with Crippen LogP contribution >= 0.6 is 46.7 Å². The van der Waals surface area contributed by atoms with Crippen LogP contribution in [0, 0.1) is 0 Å². The maximum atomic E-state index is 12.7. The summed E-state index contributed by atoms with van der Waals surface area (Å²) in [6.07, 6.45) is 0. The fourth-order valence-corrected chi connectivity index (χ4v) is 4.78. The molecule has 1 aliphatic carbocycles. The average molecular weight is 453 g/mol. The molecule has 1 aliphatic rings. The maximum Gasteiger partial charge on any atom is 0.213 e. The van der Waals surface area contributed by atoms with Crippen molar-refractivity contribution >= 4 is 58.3 Å². The first-order valence-corrected chi connectivity index (χ1v) is 10.4. The number of carbonyl (C=O) groups is 2. The van der Waals surface area contributed by atoms with Gasteiger partial charge in [-0.25, -0.2) is 0 Å². The van der Waals surface area contributed by atoms with Crippen molar-refractivity contribution in [1.29, 1.82) is 0 Å². The van der Waals surface area contributed by atoms with Crippen LogP contribution in [0.4, 0.5) is 0 Å². The van der Waals surface area contributed by atoms with Crippen LogP contribution in [-0.4, -0.2) is 25.8 Å². The number of hydrogen-bond acceptors (Lipinski definition) is 6. The van der Waals surface area contributed by atoms with Crippen LogP contribution in [0.5, 0.6) is 11.5 Å². The molecule has 0 aromatic heterocycles. The first-order chi connectivity index (χ1) is 13.4. The van der Waals surface area contributed by atoms with E-state index in [4.69, 9.17) is 32.7 Å². The SMILES string of the molecule is COc1ccc(SC2=C(Cl)C(=O)C(Sc3ccc(OC)cc3)=C(Cl)C2=O)cc1. The van der Waals surface area contributed by atoms with E-state index in [1.54, 1.807) is 62.8 Å². The summed E-state index contributed by atoms with van der Waals surface area (Å²) in [7, 11) is 3.13. The number of rotatable bonds is 6. The molecule has 0 saturated carbocycles. The third-order valence-electron chi connectivity index (χ3n) is 3.77. The van der Waals surface area contributed by atoms with Crippen molar-refractivity contribution in [3.63, 3.8) is 0 Å². The molecular formula is C20H14Cl2O4S2. The minimum Gasteiger partial charge on any atom is -0.497 e. The van der Waals surface area contributed by atoms with Gasteiger partial charge in [-0.3, -0.25) is 9.59 Å². The first kappa shape index (κ1) is 20.9. The van der Waals surface area contributed by atoms with Crippen molar-refractivity contribution in [3.05, 3.63) is 68.4 Å². The second kappa shape index (κ2) is 9.09. The van der Waals surface area contributed by atoms with Crippen molar-refractivity contribution in [2.45, 2.75) is 9.79 Å². The monoisotopic (exact) mass is 452 g/mol. The van der Waals surface area contributed by atoms with E-state index >= 15 is 0 Å². The van der Waals surface area contributed by atoms with Gasteiger partial charge in [-0.15, -0.1) is 0 Å². The number of Topliss-reactive ketones (excluding diaryl/α,β-unsaturated/α-hetero) is 2. The molecule has 0 amide bonds. The Morgan fingerprint density at radius 2 is 0.964 bits per heavy atom. The quantitative estimate of drug-likeness (QED) is 0.528. The standard InChI is InChI=1S/C20H14Cl2O4S2/c1-25-11-3-7-13(8-4-11)27-19-15(21)18(24)20(16(22)17(19)23)28-14-9-5-12(26-2)6-10-14/h3-10H,1-2H3. The van der Waals surface area contributed by atoms with Gasteiger partial charge >= 0.3 is 0 Å². The van der Waals surface area contributed by atoms with Crippen molar-refractivity contribution in [2.24, 2.45) is 0 Å². The molecule has 0 radical (unpaired) electrons. The minimum atomic E-state index is -0.469. The Hall–Kier alpha value is -1.86. The van der Waals surface area contributed by atoms with E-state index in [0.29, 0.717) is 11.5 Å². The van der Waals surface area contributed by atoms with E-state index in [1.807, 2.05) is 0 Å². The lowest BCUT2D eigenvalue weighted by molar-refractivity contribution is -0.114. The minimum absolute atomic E-state index is 0.112. The zero-order valence-electron chi connectivity index (χ0n) is 14.8. The van der Waals surface area contributed by atoms with Crippen molar-refractivity contribution in [1.82, 2.24) is 0 Å². The molecule has 144 valence electrons. The molecule has 0 bridgehead atoms. The number of ketones is 2. The second-order valence-corrected chi connectivity index (χ2v) is 8.42. The molecule has 28 heavy (non-hydrogen) atoms. The second-order valence-electron chi connectivity index (χ2n) is 5.50. The largest absolute Gasteiger partial charge is 0.497 e. The molecule has 0 N–H and O–H groups in total. The van der Waals surface area contributed by atoms with Gasteiger partial charge in [-0.1, -0.05) is 46.7 Å². The van der Waals surface area contributed by atoms with Crippen molar-refractivity contribution in [2.75, 3.05) is 14.2 Å². The highest BCUT2D eigenvalue weighted by atomic mass is 35.5. The van der Waals surface area contributed by atoms with Gasteiger partial charge in [0.1, 0.15) is 21.6 Å². The zero-order chi connectivity index (χ0) is 20.3. The van der Waals surface area contributed by atoms with Gasteiger partial charge in [0, 0.05) is 9.79 Å². The molecule has 4 nitrogen and oxygen atoms in total. The number of ether oxygens (including phenoxy) is 2. The zero-order valence-corrected chi connectivity index (χ0v) is 18.0. The summed E-state index contributed by atoms with van der Waals surface area (Å²) >= 11 is 14.7. The Balaban J connectivity index is 1.84. The average Bonchev–Trinajstić information content (AvgIpc) is 2.73. The summed E-state index contributed by atoms with van der Waals surface area (Å²) in [5.41, 5.74) is 0. The van der Waals surface area contributed by atoms with E-state index in [0.717, 1.165) is 33.3 Å². The predicted octanol–water partition coefficient (Wildman–Crippen LogP) is 5.64. The summed E-state index contributed by atoms with van der Waals surface area (Å²) in [6.45, 7) is 0. The summed E-state index contributed by atoms with van der Waals surface area (Å²) in [6, 6.07) is 14.1. The molecule has 0 saturated heterocycles. The molecule has 0 aliphatic heterocycles. The molecule has 0 unspecified atom stereocenters. The lowest BCUT2D eigenvalue weighted by Gasteiger charge is -2.17. The number of hydrogen-bond donors (Lipinski definition) is 0. The molecule has 2 aromatic carbocycles. The number of allylic oxidation sites excluding steroid dienone is 4. The Labute approximate surface area is 180 Å². The van der Waals surface area contributed by atoms with Gasteiger partial charge in [0.2, 0.25) is 11.6 Å². The van der Waals surface area contributed by atoms with Crippen LogP contribution in [0.1, 0.15) is 0 Å². The smallest absolute Gasteiger partial charge is 0.213 e. The highest BCUT2D eigenvalue weighted by Gasteiger charge is 2.34. The van der Waals surface area contributed by atoms with Gasteiger partial charge in [0.15, 0.2) is 0 Å². The van der Waals surface area contributed by atoms with Gasteiger partial charge in [-0.05, 0) is 48.5 Å². The molecule has 0 fully saturated rings. The summed E-state index contributed by atoms with van der Waals surface area (Å²) < 4.78 is 10.2. The lowest BCUT2D eigenvalue weighted by Crippen LogP contribution is -2.17. The van der Waals surface area contributed by atoms with Crippen molar-refractivity contribution < 1.29 is 19.1 Å². The lowest BCUT2D eigenvalue weighted by atomic mass is 10.1. The van der Waals surface area contributed by atoms with E-state index in [2.05, 4.69) is 0 Å². The highest BCUT2D eigenvalue weighted by molar-refractivity contribution is 8.05. The topological polar surface area (TPSA) is 52.6 Å². The Bertz CT molecular complexity index is 899. The molecule has 8 heteroatoms. The molecule has 0 spiro atoms. The number of carbonyl (C=O) groups excluding carboxylic acids is 2. The fourth-order valence-electron chi connectivity index (χ4n) is 2.31. The number of halogens is 2. The van der Waals surface area contributed by atoms with E-state index in [1.165, 1.54) is 0 Å². The van der Waals surface area contributed by atoms with E-state index < -0.39 is 11.6 Å². The van der Waals surface area contributed by atoms with Crippen LogP contribution in [0.15, 0.2) is 78.2 Å². The maximum absolute atomic E-state index is 12.7. The van der Waals surface area contributed by atoms with Crippen molar-refractivity contribution in [3.8, 4) is 11.5 Å². The third-order valence-corrected chi connectivity index (χ3v) is 6.92. The van der Waals surface area contributed by atoms with Crippen LogP contribution in [-0.2, 0) is 9.59 Å². The molecule has 0 atom stereocenters. The number of methoxy groups -OCH3 is 2. The van der Waals surface area contributed by atoms with E-state index in [-0.39, 0.29) is 19.9 Å². The molecule has 0 heterocycles. The van der Waals surface area contributed by atoms with Gasteiger partial charge in [0.25, 0.3) is 0 Å². The van der Waals surface area contributed by atoms with Crippen LogP contribution in [0.2, 0.25) is 0 Å². The number of thioether (sulfide) groups is 2. The van der Waals surface area contributed by atoms with Crippen LogP contribution < -0.4 is 9.47 Å². The van der Waals surface area contributed by atoms with E-state index in [9.17, 15) is 9.59 Å². The molecule has 2 aromatic rings. The molecule has 3 rings (SSSR count). The predicted molar refractivity (Wildman–Crippen MR) is 113 cm³/mol. The first-order valence-electron chi connectivity index (χ1n) is 7.97. The van der Waals surface area contributed by atoms with Gasteiger partial charge < -0.3 is 9.47 Å². The normalized spacial score (nSPS) is 14.6. The third kappa shape index (κ3) is 4.41. The summed E-state index contributed by atoms with van der Waals surface area (Å²) in [5.74, 6) is 0.435. The fraction of sp³-hybridized carbons (Fsp3) is 0.100. The Morgan fingerprint density at radius 1 is 0.643 bits per heavy atom. The van der Waals surface area contributed by atoms with Crippen LogP contribution in [0.25, 0.3) is 0 Å². The summed E-state index contributed by atoms with van der Waals surface area (Å²) in [4.78, 5) is 27.2. The Kier molecular flexibility index (Phi) is 6.78.